The first-order valence-corrected chi connectivity index (χ1v) is 14.5. The Labute approximate surface area is 230 Å². The molecule has 13 nitrogen and oxygen atoms in total. The first kappa shape index (κ1) is 27.8. The van der Waals surface area contributed by atoms with Gasteiger partial charge in [-0.1, -0.05) is 31.7 Å². The molecular formula is C26H31N6O7P. The topological polar surface area (TPSA) is 170 Å². The number of hydrogen-bond acceptors (Lipinski definition) is 11. The third kappa shape index (κ3) is 5.58. The Kier molecular flexibility index (Phi) is 7.88. The van der Waals surface area contributed by atoms with Crippen LogP contribution in [0, 0.1) is 11.8 Å². The van der Waals surface area contributed by atoms with Crippen LogP contribution in [0.15, 0.2) is 55.1 Å². The van der Waals surface area contributed by atoms with Gasteiger partial charge >= 0.3 is 19.7 Å². The van der Waals surface area contributed by atoms with Crippen LogP contribution in [-0.4, -0.2) is 56.8 Å². The number of ether oxygens (including phenoxy) is 2. The van der Waals surface area contributed by atoms with Crippen LogP contribution in [0.2, 0.25) is 0 Å². The Balaban J connectivity index is 1.49. The number of esters is 2. The summed E-state index contributed by atoms with van der Waals surface area (Å²) in [5.41, 5.74) is 7.60. The highest BCUT2D eigenvalue weighted by Gasteiger charge is 2.49. The SMILES string of the molecule is C=C1C(n2cnc3c(N)ncnc32)C(C)[C@@H]2OC(=O)CCCOC(=O)[C@H](C)N[P@](=O)(Oc3ccccc3)OC[C@@H]12. The molecule has 1 aliphatic heterocycles. The quantitative estimate of drug-likeness (QED) is 0.268. The van der Waals surface area contributed by atoms with E-state index in [1.807, 2.05) is 11.5 Å². The molecule has 1 aromatic carbocycles. The number of para-hydroxylation sites is 1. The van der Waals surface area contributed by atoms with Crippen molar-refractivity contribution in [3.63, 3.8) is 0 Å². The molecule has 2 unspecified atom stereocenters. The van der Waals surface area contributed by atoms with Crippen LogP contribution in [0.4, 0.5) is 5.82 Å². The number of hydrogen-bond donors (Lipinski definition) is 2. The summed E-state index contributed by atoms with van der Waals surface area (Å²) in [6, 6.07) is 7.05. The summed E-state index contributed by atoms with van der Waals surface area (Å²) in [5.74, 6) is -1.45. The van der Waals surface area contributed by atoms with Gasteiger partial charge in [0.05, 0.1) is 25.6 Å². The van der Waals surface area contributed by atoms with Crippen LogP contribution in [0.5, 0.6) is 5.75 Å². The average molecular weight is 571 g/mol. The molecule has 6 atom stereocenters. The first-order valence-electron chi connectivity index (χ1n) is 12.9. The fraction of sp³-hybridized carbons (Fsp3) is 0.423. The minimum absolute atomic E-state index is 0.00815. The number of carbonyl (C=O) groups is 2. The van der Waals surface area contributed by atoms with Gasteiger partial charge in [-0.3, -0.25) is 14.1 Å². The summed E-state index contributed by atoms with van der Waals surface area (Å²) >= 11 is 0. The third-order valence-electron chi connectivity index (χ3n) is 7.09. The highest BCUT2D eigenvalue weighted by Crippen LogP contribution is 2.50. The molecule has 3 heterocycles. The van der Waals surface area contributed by atoms with Crippen molar-refractivity contribution in [1.29, 1.82) is 0 Å². The number of cyclic esters (lactones) is 1. The monoisotopic (exact) mass is 570 g/mol. The Morgan fingerprint density at radius 3 is 2.73 bits per heavy atom. The van der Waals surface area contributed by atoms with Crippen molar-refractivity contribution in [2.45, 2.75) is 44.9 Å². The molecule has 5 rings (SSSR count). The van der Waals surface area contributed by atoms with Crippen LogP contribution in [-0.2, 0) is 28.2 Å². The lowest BCUT2D eigenvalue weighted by atomic mass is 10.0. The normalized spacial score (nSPS) is 30.2. The number of nitrogens with zero attached hydrogens (tertiary/aromatic N) is 4. The van der Waals surface area contributed by atoms with Crippen LogP contribution >= 0.6 is 7.75 Å². The molecule has 0 bridgehead atoms. The number of nitrogen functional groups attached to an aromatic ring is 1. The van der Waals surface area contributed by atoms with Crippen molar-refractivity contribution in [3.05, 3.63) is 55.1 Å². The Bertz CT molecular complexity index is 1460. The zero-order chi connectivity index (χ0) is 28.4. The number of carbonyl (C=O) groups excluding carboxylic acids is 2. The maximum absolute atomic E-state index is 14.0. The number of imidazole rings is 1. The number of rotatable bonds is 3. The maximum Gasteiger partial charge on any atom is 0.459 e. The molecular weight excluding hydrogens is 539 g/mol. The summed E-state index contributed by atoms with van der Waals surface area (Å²) in [4.78, 5) is 38.1. The first-order chi connectivity index (χ1) is 19.2. The molecule has 14 heteroatoms. The van der Waals surface area contributed by atoms with Gasteiger partial charge in [-0.2, -0.15) is 5.09 Å². The molecule has 2 aromatic heterocycles. The lowest BCUT2D eigenvalue weighted by molar-refractivity contribution is -0.155. The fourth-order valence-corrected chi connectivity index (χ4v) is 6.63. The largest absolute Gasteiger partial charge is 0.465 e. The average Bonchev–Trinajstić information content (AvgIpc) is 3.44. The lowest BCUT2D eigenvalue weighted by Gasteiger charge is -2.27. The smallest absolute Gasteiger partial charge is 0.459 e. The highest BCUT2D eigenvalue weighted by atomic mass is 31.2. The Morgan fingerprint density at radius 2 is 1.95 bits per heavy atom. The van der Waals surface area contributed by atoms with E-state index in [4.69, 9.17) is 24.3 Å². The van der Waals surface area contributed by atoms with E-state index < -0.39 is 43.8 Å². The van der Waals surface area contributed by atoms with Crippen molar-refractivity contribution in [1.82, 2.24) is 24.6 Å². The maximum atomic E-state index is 14.0. The van der Waals surface area contributed by atoms with Gasteiger partial charge in [-0.15, -0.1) is 0 Å². The molecule has 3 N–H and O–H groups in total. The molecule has 2 fully saturated rings. The van der Waals surface area contributed by atoms with E-state index in [0.29, 0.717) is 16.7 Å². The second-order valence-electron chi connectivity index (χ2n) is 9.84. The minimum Gasteiger partial charge on any atom is -0.465 e. The van der Waals surface area contributed by atoms with E-state index >= 15 is 0 Å². The Hall–Kier alpha value is -3.80. The molecule has 1 saturated carbocycles. The number of nitrogens with two attached hydrogens (primary N) is 1. The molecule has 0 spiro atoms. The van der Waals surface area contributed by atoms with Gasteiger partial charge in [0.25, 0.3) is 0 Å². The van der Waals surface area contributed by atoms with E-state index in [9.17, 15) is 14.2 Å². The van der Waals surface area contributed by atoms with E-state index in [2.05, 4.69) is 26.6 Å². The predicted molar refractivity (Wildman–Crippen MR) is 144 cm³/mol. The number of benzene rings is 1. The van der Waals surface area contributed by atoms with Crippen molar-refractivity contribution in [3.8, 4) is 5.75 Å². The zero-order valence-corrected chi connectivity index (χ0v) is 23.0. The van der Waals surface area contributed by atoms with Gasteiger partial charge < -0.3 is 24.3 Å². The van der Waals surface area contributed by atoms with Gasteiger partial charge in [0.1, 0.15) is 29.7 Å². The van der Waals surface area contributed by atoms with Crippen LogP contribution < -0.4 is 15.3 Å². The molecule has 3 aromatic rings. The lowest BCUT2D eigenvalue weighted by Crippen LogP contribution is -2.37. The van der Waals surface area contributed by atoms with Gasteiger partial charge in [0.2, 0.25) is 0 Å². The molecule has 1 aliphatic carbocycles. The Morgan fingerprint density at radius 1 is 1.18 bits per heavy atom. The van der Waals surface area contributed by atoms with Crippen LogP contribution in [0.3, 0.4) is 0 Å². The molecule has 212 valence electrons. The van der Waals surface area contributed by atoms with Crippen molar-refractivity contribution >= 4 is 36.7 Å². The minimum atomic E-state index is -4.13. The van der Waals surface area contributed by atoms with Gasteiger partial charge in [0, 0.05) is 18.3 Å². The number of aromatic nitrogens is 4. The van der Waals surface area contributed by atoms with Crippen molar-refractivity contribution in [2.75, 3.05) is 18.9 Å². The number of anilines is 1. The van der Waals surface area contributed by atoms with Crippen LogP contribution in [0.1, 0.15) is 32.7 Å². The second-order valence-corrected chi connectivity index (χ2v) is 11.5. The van der Waals surface area contributed by atoms with Crippen molar-refractivity contribution < 1.29 is 32.7 Å². The fourth-order valence-electron chi connectivity index (χ4n) is 5.11. The molecule has 1 saturated heterocycles. The standard InChI is InChI=1S/C26H31N6O7P/c1-15-19-12-37-40(35,39-18-8-5-4-6-9-18)31-17(3)26(34)36-11-7-10-20(33)38-23(19)16(2)22(15)32-14-30-21-24(27)28-13-29-25(21)32/h4-6,8-9,13-14,16-17,19,22-23H,1,7,10-12H2,2-3H3,(H,31,35)(H2,27,28,29)/t16?,17-,19-,22?,23-,40+/m0/s1. The number of nitrogens with one attached hydrogen (secondary N) is 1. The number of fused-ring (bicyclic) bond motifs is 2. The summed E-state index contributed by atoms with van der Waals surface area (Å²) in [5, 5.41) is 2.68. The summed E-state index contributed by atoms with van der Waals surface area (Å²) in [6.07, 6.45) is 2.60. The van der Waals surface area contributed by atoms with Gasteiger partial charge in [-0.25, -0.2) is 19.5 Å². The molecule has 0 amide bonds. The second kappa shape index (κ2) is 11.4. The van der Waals surface area contributed by atoms with E-state index in [1.165, 1.54) is 13.3 Å². The van der Waals surface area contributed by atoms with Gasteiger partial charge in [-0.05, 0) is 31.1 Å². The third-order valence-corrected chi connectivity index (χ3v) is 8.73. The van der Waals surface area contributed by atoms with Crippen molar-refractivity contribution in [2.24, 2.45) is 11.8 Å². The van der Waals surface area contributed by atoms with E-state index in [-0.39, 0.29) is 43.5 Å². The predicted octanol–water partition coefficient (Wildman–Crippen LogP) is 3.20. The molecule has 0 radical (unpaired) electrons. The highest BCUT2D eigenvalue weighted by molar-refractivity contribution is 7.52. The van der Waals surface area contributed by atoms with E-state index in [1.54, 1.807) is 36.7 Å². The van der Waals surface area contributed by atoms with Crippen LogP contribution in [0.25, 0.3) is 11.2 Å². The zero-order valence-electron chi connectivity index (χ0n) is 22.1. The summed E-state index contributed by atoms with van der Waals surface area (Å²) < 4.78 is 38.7. The molecule has 2 aliphatic rings. The van der Waals surface area contributed by atoms with E-state index in [0.717, 1.165) is 0 Å². The molecule has 40 heavy (non-hydrogen) atoms. The summed E-state index contributed by atoms with van der Waals surface area (Å²) in [7, 11) is -4.13. The van der Waals surface area contributed by atoms with Gasteiger partial charge in [0.15, 0.2) is 11.5 Å². The summed E-state index contributed by atoms with van der Waals surface area (Å²) in [6.45, 7) is 7.56.